The van der Waals surface area contributed by atoms with E-state index in [2.05, 4.69) is 12.2 Å². The molecule has 0 heterocycles. The number of aromatic hydroxyl groups is 1. The van der Waals surface area contributed by atoms with Crippen molar-refractivity contribution in [2.24, 2.45) is 0 Å². The molecule has 0 bridgehead atoms. The highest BCUT2D eigenvalue weighted by Crippen LogP contribution is 2.24. The lowest BCUT2D eigenvalue weighted by atomic mass is 10.1. The lowest BCUT2D eigenvalue weighted by Gasteiger charge is -2.16. The predicted molar refractivity (Wildman–Crippen MR) is 82.9 cm³/mol. The average molecular weight is 287 g/mol. The molecule has 2 N–H and O–H groups in total. The molecule has 0 saturated heterocycles. The highest BCUT2D eigenvalue weighted by atomic mass is 16.5. The van der Waals surface area contributed by atoms with Crippen LogP contribution < -0.4 is 14.8 Å². The second kappa shape index (κ2) is 6.99. The summed E-state index contributed by atoms with van der Waals surface area (Å²) >= 11 is 0. The van der Waals surface area contributed by atoms with Crippen molar-refractivity contribution in [3.63, 3.8) is 0 Å². The van der Waals surface area contributed by atoms with Crippen molar-refractivity contribution in [3.05, 3.63) is 53.6 Å². The van der Waals surface area contributed by atoms with E-state index in [-0.39, 0.29) is 11.8 Å². The number of ether oxygens (including phenoxy) is 2. The van der Waals surface area contributed by atoms with E-state index < -0.39 is 0 Å². The van der Waals surface area contributed by atoms with Gasteiger partial charge in [-0.05, 0) is 42.8 Å². The summed E-state index contributed by atoms with van der Waals surface area (Å²) < 4.78 is 10.3. The molecule has 4 nitrogen and oxygen atoms in total. The Labute approximate surface area is 125 Å². The summed E-state index contributed by atoms with van der Waals surface area (Å²) in [5.41, 5.74) is 1.98. The Balaban J connectivity index is 2.01. The molecule has 0 spiro atoms. The molecular formula is C17H21NO3. The van der Waals surface area contributed by atoms with Gasteiger partial charge in [-0.1, -0.05) is 12.1 Å². The van der Waals surface area contributed by atoms with Crippen LogP contribution in [0.2, 0.25) is 0 Å². The molecule has 0 aromatic heterocycles. The van der Waals surface area contributed by atoms with Gasteiger partial charge in [0.15, 0.2) is 0 Å². The second-order valence-corrected chi connectivity index (χ2v) is 4.87. The van der Waals surface area contributed by atoms with E-state index in [4.69, 9.17) is 9.47 Å². The van der Waals surface area contributed by atoms with E-state index in [0.717, 1.165) is 22.6 Å². The van der Waals surface area contributed by atoms with Crippen molar-refractivity contribution in [3.8, 4) is 17.2 Å². The number of hydrogen-bond donors (Lipinski definition) is 2. The van der Waals surface area contributed by atoms with E-state index in [1.807, 2.05) is 30.3 Å². The third kappa shape index (κ3) is 3.89. The van der Waals surface area contributed by atoms with Gasteiger partial charge >= 0.3 is 0 Å². The molecule has 0 aliphatic carbocycles. The SMILES string of the molecule is COc1ccc([C@@H](C)NCc2cc(OC)ccc2O)cc1. The molecule has 0 aliphatic rings. The van der Waals surface area contributed by atoms with Crippen molar-refractivity contribution in [1.29, 1.82) is 0 Å². The molecule has 0 amide bonds. The monoisotopic (exact) mass is 287 g/mol. The predicted octanol–water partition coefficient (Wildman–Crippen LogP) is 3.26. The third-order valence-corrected chi connectivity index (χ3v) is 3.50. The number of phenolic OH excluding ortho intramolecular Hbond substituents is 1. The Hall–Kier alpha value is -2.20. The normalized spacial score (nSPS) is 12.0. The van der Waals surface area contributed by atoms with E-state index in [1.165, 1.54) is 0 Å². The number of benzene rings is 2. The van der Waals surface area contributed by atoms with Gasteiger partial charge in [-0.25, -0.2) is 0 Å². The first kappa shape index (κ1) is 15.2. The molecule has 1 atom stereocenters. The van der Waals surface area contributed by atoms with Crippen LogP contribution in [0.3, 0.4) is 0 Å². The zero-order valence-corrected chi connectivity index (χ0v) is 12.6. The fraction of sp³-hybridized carbons (Fsp3) is 0.294. The number of methoxy groups -OCH3 is 2. The van der Waals surface area contributed by atoms with Crippen LogP contribution in [0.4, 0.5) is 0 Å². The van der Waals surface area contributed by atoms with Crippen molar-refractivity contribution < 1.29 is 14.6 Å². The van der Waals surface area contributed by atoms with Crippen LogP contribution in [0, 0.1) is 0 Å². The molecule has 4 heteroatoms. The van der Waals surface area contributed by atoms with Gasteiger partial charge in [0.1, 0.15) is 17.2 Å². The first-order chi connectivity index (χ1) is 10.1. The molecule has 0 unspecified atom stereocenters. The fourth-order valence-electron chi connectivity index (χ4n) is 2.10. The quantitative estimate of drug-likeness (QED) is 0.856. The molecule has 0 radical (unpaired) electrons. The van der Waals surface area contributed by atoms with E-state index >= 15 is 0 Å². The van der Waals surface area contributed by atoms with Gasteiger partial charge in [0, 0.05) is 18.2 Å². The fourth-order valence-corrected chi connectivity index (χ4v) is 2.10. The minimum Gasteiger partial charge on any atom is -0.508 e. The maximum atomic E-state index is 9.87. The molecule has 2 aromatic rings. The van der Waals surface area contributed by atoms with Gasteiger partial charge in [-0.3, -0.25) is 0 Å². The van der Waals surface area contributed by atoms with Gasteiger partial charge < -0.3 is 19.9 Å². The minimum absolute atomic E-state index is 0.168. The summed E-state index contributed by atoms with van der Waals surface area (Å²) in [6.45, 7) is 2.65. The average Bonchev–Trinajstić information content (AvgIpc) is 2.54. The molecular weight excluding hydrogens is 266 g/mol. The third-order valence-electron chi connectivity index (χ3n) is 3.50. The van der Waals surface area contributed by atoms with Gasteiger partial charge in [0.05, 0.1) is 14.2 Å². The highest BCUT2D eigenvalue weighted by Gasteiger charge is 2.08. The number of phenols is 1. The van der Waals surface area contributed by atoms with E-state index in [9.17, 15) is 5.11 Å². The Bertz CT molecular complexity index is 581. The van der Waals surface area contributed by atoms with Gasteiger partial charge in [-0.2, -0.15) is 0 Å². The standard InChI is InChI=1S/C17H21NO3/c1-12(13-4-6-15(20-2)7-5-13)18-11-14-10-16(21-3)8-9-17(14)19/h4-10,12,18-19H,11H2,1-3H3/t12-/m1/s1. The largest absolute Gasteiger partial charge is 0.508 e. The summed E-state index contributed by atoms with van der Waals surface area (Å²) in [6, 6.07) is 13.3. The molecule has 2 aromatic carbocycles. The first-order valence-corrected chi connectivity index (χ1v) is 6.87. The van der Waals surface area contributed by atoms with Crippen LogP contribution in [0.5, 0.6) is 17.2 Å². The molecule has 0 fully saturated rings. The number of rotatable bonds is 6. The lowest BCUT2D eigenvalue weighted by Crippen LogP contribution is -2.18. The summed E-state index contributed by atoms with van der Waals surface area (Å²) in [4.78, 5) is 0. The number of nitrogens with one attached hydrogen (secondary N) is 1. The Morgan fingerprint density at radius 1 is 1.00 bits per heavy atom. The summed E-state index contributed by atoms with van der Waals surface area (Å²) in [5.74, 6) is 1.85. The van der Waals surface area contributed by atoms with Crippen molar-refractivity contribution in [2.75, 3.05) is 14.2 Å². The maximum Gasteiger partial charge on any atom is 0.120 e. The van der Waals surface area contributed by atoms with E-state index in [0.29, 0.717) is 6.54 Å². The number of hydrogen-bond acceptors (Lipinski definition) is 4. The second-order valence-electron chi connectivity index (χ2n) is 4.87. The van der Waals surface area contributed by atoms with Crippen molar-refractivity contribution in [2.45, 2.75) is 19.5 Å². The lowest BCUT2D eigenvalue weighted by molar-refractivity contribution is 0.409. The Morgan fingerprint density at radius 3 is 2.24 bits per heavy atom. The van der Waals surface area contributed by atoms with Crippen molar-refractivity contribution >= 4 is 0 Å². The van der Waals surface area contributed by atoms with Gasteiger partial charge in [0.25, 0.3) is 0 Å². The molecule has 112 valence electrons. The Morgan fingerprint density at radius 2 is 1.62 bits per heavy atom. The first-order valence-electron chi connectivity index (χ1n) is 6.87. The van der Waals surface area contributed by atoms with Crippen LogP contribution in [-0.2, 0) is 6.54 Å². The van der Waals surface area contributed by atoms with Gasteiger partial charge in [0.2, 0.25) is 0 Å². The minimum atomic E-state index is 0.168. The van der Waals surface area contributed by atoms with Crippen LogP contribution in [0.25, 0.3) is 0 Å². The summed E-state index contributed by atoms with van der Waals surface area (Å²) in [7, 11) is 3.27. The molecule has 21 heavy (non-hydrogen) atoms. The smallest absolute Gasteiger partial charge is 0.120 e. The molecule has 0 saturated carbocycles. The highest BCUT2D eigenvalue weighted by molar-refractivity contribution is 5.39. The van der Waals surface area contributed by atoms with Gasteiger partial charge in [-0.15, -0.1) is 0 Å². The Kier molecular flexibility index (Phi) is 5.06. The van der Waals surface area contributed by atoms with Crippen LogP contribution in [0.15, 0.2) is 42.5 Å². The zero-order valence-electron chi connectivity index (χ0n) is 12.6. The summed E-state index contributed by atoms with van der Waals surface area (Å²) in [6.07, 6.45) is 0. The van der Waals surface area contributed by atoms with E-state index in [1.54, 1.807) is 26.4 Å². The van der Waals surface area contributed by atoms with Crippen LogP contribution in [-0.4, -0.2) is 19.3 Å². The topological polar surface area (TPSA) is 50.7 Å². The molecule has 2 rings (SSSR count). The zero-order chi connectivity index (χ0) is 15.2. The van der Waals surface area contributed by atoms with Crippen LogP contribution >= 0.6 is 0 Å². The maximum absolute atomic E-state index is 9.87. The molecule has 0 aliphatic heterocycles. The summed E-state index contributed by atoms with van der Waals surface area (Å²) in [5, 5.41) is 13.3. The van der Waals surface area contributed by atoms with Crippen molar-refractivity contribution in [1.82, 2.24) is 5.32 Å². The van der Waals surface area contributed by atoms with Crippen LogP contribution in [0.1, 0.15) is 24.1 Å².